The Morgan fingerprint density at radius 1 is 1.35 bits per heavy atom. The zero-order chi connectivity index (χ0) is 15.0. The van der Waals surface area contributed by atoms with Crippen LogP contribution in [-0.4, -0.2) is 25.3 Å². The summed E-state index contributed by atoms with van der Waals surface area (Å²) in [6.45, 7) is 9.22. The number of hydrogen-bond acceptors (Lipinski definition) is 3. The SMILES string of the molecule is CCCCC(OC1CC2CCC1(C)C2(C)C)C(=O)OC. The van der Waals surface area contributed by atoms with Gasteiger partial charge in [0.1, 0.15) is 0 Å². The lowest BCUT2D eigenvalue weighted by Gasteiger charge is -2.40. The summed E-state index contributed by atoms with van der Waals surface area (Å²) in [5.74, 6) is 0.532. The van der Waals surface area contributed by atoms with E-state index in [1.807, 2.05) is 0 Å². The smallest absolute Gasteiger partial charge is 0.334 e. The highest BCUT2D eigenvalue weighted by molar-refractivity contribution is 5.74. The van der Waals surface area contributed by atoms with Crippen molar-refractivity contribution < 1.29 is 14.3 Å². The predicted octanol–water partition coefficient (Wildman–Crippen LogP) is 3.95. The molecule has 0 N–H and O–H groups in total. The van der Waals surface area contributed by atoms with E-state index >= 15 is 0 Å². The van der Waals surface area contributed by atoms with Crippen LogP contribution in [0.5, 0.6) is 0 Å². The first-order valence-electron chi connectivity index (χ1n) is 8.10. The molecule has 2 bridgehead atoms. The largest absolute Gasteiger partial charge is 0.467 e. The molecule has 0 aromatic heterocycles. The topological polar surface area (TPSA) is 35.5 Å². The van der Waals surface area contributed by atoms with E-state index in [4.69, 9.17) is 9.47 Å². The van der Waals surface area contributed by atoms with Gasteiger partial charge in [-0.2, -0.15) is 0 Å². The molecule has 20 heavy (non-hydrogen) atoms. The molecule has 3 heteroatoms. The van der Waals surface area contributed by atoms with Crippen molar-refractivity contribution in [1.82, 2.24) is 0 Å². The number of unbranched alkanes of at least 4 members (excludes halogenated alkanes) is 1. The molecular weight excluding hydrogens is 252 g/mol. The van der Waals surface area contributed by atoms with Gasteiger partial charge in [0.25, 0.3) is 0 Å². The highest BCUT2D eigenvalue weighted by Gasteiger charge is 2.62. The first-order valence-corrected chi connectivity index (χ1v) is 8.10. The first-order chi connectivity index (χ1) is 9.36. The quantitative estimate of drug-likeness (QED) is 0.692. The van der Waals surface area contributed by atoms with Crippen molar-refractivity contribution in [2.75, 3.05) is 7.11 Å². The Balaban J connectivity index is 2.06. The molecule has 4 atom stereocenters. The van der Waals surface area contributed by atoms with Gasteiger partial charge in [-0.3, -0.25) is 0 Å². The number of ether oxygens (including phenoxy) is 2. The van der Waals surface area contributed by atoms with Crippen molar-refractivity contribution in [3.8, 4) is 0 Å². The van der Waals surface area contributed by atoms with E-state index in [0.29, 0.717) is 5.41 Å². The number of hydrogen-bond donors (Lipinski definition) is 0. The summed E-state index contributed by atoms with van der Waals surface area (Å²) in [4.78, 5) is 11.9. The molecule has 0 aliphatic heterocycles. The lowest BCUT2D eigenvalue weighted by Crippen LogP contribution is -2.41. The highest BCUT2D eigenvalue weighted by Crippen LogP contribution is 2.66. The van der Waals surface area contributed by atoms with E-state index in [2.05, 4.69) is 27.7 Å². The van der Waals surface area contributed by atoms with E-state index < -0.39 is 0 Å². The van der Waals surface area contributed by atoms with E-state index in [1.54, 1.807) is 0 Å². The fraction of sp³-hybridized carbons (Fsp3) is 0.941. The molecule has 0 aromatic rings. The van der Waals surface area contributed by atoms with Crippen molar-refractivity contribution >= 4 is 5.97 Å². The van der Waals surface area contributed by atoms with Gasteiger partial charge in [0.15, 0.2) is 6.10 Å². The Bertz CT molecular complexity index is 363. The highest BCUT2D eigenvalue weighted by atomic mass is 16.6. The zero-order valence-corrected chi connectivity index (χ0v) is 13.7. The number of fused-ring (bicyclic) bond motifs is 2. The van der Waals surface area contributed by atoms with Crippen LogP contribution >= 0.6 is 0 Å². The Morgan fingerprint density at radius 3 is 2.50 bits per heavy atom. The van der Waals surface area contributed by atoms with Gasteiger partial charge in [0, 0.05) is 0 Å². The first kappa shape index (κ1) is 15.8. The standard InChI is InChI=1S/C17H30O3/c1-6-7-8-13(15(18)19-5)20-14-11-12-9-10-17(14,4)16(12,2)3/h12-14H,6-11H2,1-5H3. The van der Waals surface area contributed by atoms with Gasteiger partial charge in [-0.25, -0.2) is 4.79 Å². The second-order valence-electron chi connectivity index (χ2n) is 7.39. The van der Waals surface area contributed by atoms with Crippen molar-refractivity contribution in [3.63, 3.8) is 0 Å². The second kappa shape index (κ2) is 5.67. The molecule has 2 aliphatic rings. The minimum atomic E-state index is -0.378. The molecule has 2 rings (SSSR count). The molecular formula is C17H30O3. The number of esters is 1. The number of rotatable bonds is 6. The van der Waals surface area contributed by atoms with Gasteiger partial charge in [0.2, 0.25) is 0 Å². The van der Waals surface area contributed by atoms with Crippen LogP contribution in [0.25, 0.3) is 0 Å². The lowest BCUT2D eigenvalue weighted by atomic mass is 9.70. The zero-order valence-electron chi connectivity index (χ0n) is 13.7. The van der Waals surface area contributed by atoms with Crippen molar-refractivity contribution in [1.29, 1.82) is 0 Å². The maximum atomic E-state index is 11.9. The fourth-order valence-electron chi connectivity index (χ4n) is 4.30. The minimum Gasteiger partial charge on any atom is -0.467 e. The Hall–Kier alpha value is -0.570. The summed E-state index contributed by atoms with van der Waals surface area (Å²) in [6, 6.07) is 0. The molecule has 0 aromatic carbocycles. The minimum absolute atomic E-state index is 0.205. The molecule has 2 fully saturated rings. The third-order valence-electron chi connectivity index (χ3n) is 6.33. The molecule has 2 aliphatic carbocycles. The van der Waals surface area contributed by atoms with Gasteiger partial charge < -0.3 is 9.47 Å². The molecule has 116 valence electrons. The summed E-state index contributed by atoms with van der Waals surface area (Å²) >= 11 is 0. The third-order valence-corrected chi connectivity index (χ3v) is 6.33. The maximum absolute atomic E-state index is 11.9. The molecule has 0 saturated heterocycles. The van der Waals surface area contributed by atoms with Crippen molar-refractivity contribution in [2.45, 2.75) is 78.4 Å². The van der Waals surface area contributed by atoms with Gasteiger partial charge in [-0.05, 0) is 42.4 Å². The van der Waals surface area contributed by atoms with Crippen LogP contribution in [0.1, 0.15) is 66.2 Å². The molecule has 2 saturated carbocycles. The Morgan fingerprint density at radius 2 is 2.05 bits per heavy atom. The summed E-state index contributed by atoms with van der Waals surface area (Å²) < 4.78 is 11.2. The van der Waals surface area contributed by atoms with Crippen LogP contribution in [0, 0.1) is 16.7 Å². The van der Waals surface area contributed by atoms with Crippen LogP contribution in [0.2, 0.25) is 0 Å². The van der Waals surface area contributed by atoms with E-state index in [-0.39, 0.29) is 23.6 Å². The lowest BCUT2D eigenvalue weighted by molar-refractivity contribution is -0.165. The molecule has 4 unspecified atom stereocenters. The average Bonchev–Trinajstić information content (AvgIpc) is 2.75. The van der Waals surface area contributed by atoms with E-state index in [9.17, 15) is 4.79 Å². The van der Waals surface area contributed by atoms with E-state index in [0.717, 1.165) is 31.6 Å². The maximum Gasteiger partial charge on any atom is 0.334 e. The number of carbonyl (C=O) groups excluding carboxylic acids is 1. The van der Waals surface area contributed by atoms with Crippen molar-refractivity contribution in [3.05, 3.63) is 0 Å². The predicted molar refractivity (Wildman–Crippen MR) is 79.4 cm³/mol. The third kappa shape index (κ3) is 2.38. The average molecular weight is 282 g/mol. The molecule has 3 nitrogen and oxygen atoms in total. The Kier molecular flexibility index (Phi) is 4.48. The van der Waals surface area contributed by atoms with Gasteiger partial charge in [0.05, 0.1) is 13.2 Å². The molecule has 0 radical (unpaired) electrons. The normalized spacial score (nSPS) is 36.0. The van der Waals surface area contributed by atoms with Crippen LogP contribution in [-0.2, 0) is 14.3 Å². The summed E-state index contributed by atoms with van der Waals surface area (Å²) in [6.07, 6.45) is 6.32. The van der Waals surface area contributed by atoms with Crippen LogP contribution in [0.3, 0.4) is 0 Å². The van der Waals surface area contributed by atoms with E-state index in [1.165, 1.54) is 20.0 Å². The van der Waals surface area contributed by atoms with Gasteiger partial charge >= 0.3 is 5.97 Å². The monoisotopic (exact) mass is 282 g/mol. The second-order valence-corrected chi connectivity index (χ2v) is 7.39. The summed E-state index contributed by atoms with van der Waals surface area (Å²) in [7, 11) is 1.46. The summed E-state index contributed by atoms with van der Waals surface area (Å²) in [5, 5.41) is 0. The molecule has 0 spiro atoms. The van der Waals surface area contributed by atoms with Crippen LogP contribution in [0.4, 0.5) is 0 Å². The molecule has 0 amide bonds. The van der Waals surface area contributed by atoms with Crippen LogP contribution in [0.15, 0.2) is 0 Å². The Labute approximate surface area is 123 Å². The fourth-order valence-corrected chi connectivity index (χ4v) is 4.30. The van der Waals surface area contributed by atoms with Gasteiger partial charge in [-0.15, -0.1) is 0 Å². The van der Waals surface area contributed by atoms with Crippen molar-refractivity contribution in [2.24, 2.45) is 16.7 Å². The number of carbonyl (C=O) groups is 1. The van der Waals surface area contributed by atoms with Crippen LogP contribution < -0.4 is 0 Å². The number of methoxy groups -OCH3 is 1. The van der Waals surface area contributed by atoms with Gasteiger partial charge in [-0.1, -0.05) is 40.5 Å². The molecule has 0 heterocycles. The summed E-state index contributed by atoms with van der Waals surface area (Å²) in [5.41, 5.74) is 0.527.